The Labute approximate surface area is 126 Å². The van der Waals surface area contributed by atoms with Crippen LogP contribution >= 0.6 is 23.2 Å². The van der Waals surface area contributed by atoms with Crippen LogP contribution in [0, 0.1) is 17.3 Å². The number of ketones is 1. The average Bonchev–Trinajstić information content (AvgIpc) is 2.78. The lowest BCUT2D eigenvalue weighted by atomic mass is 9.96. The highest BCUT2D eigenvalue weighted by atomic mass is 35.5. The maximum atomic E-state index is 12.6. The van der Waals surface area contributed by atoms with Crippen LogP contribution in [-0.4, -0.2) is 16.9 Å². The molecule has 0 amide bonds. The van der Waals surface area contributed by atoms with E-state index in [4.69, 9.17) is 23.2 Å². The molecule has 3 rings (SSSR count). The topological polar surface area (TPSA) is 54.4 Å². The third-order valence-electron chi connectivity index (χ3n) is 4.75. The van der Waals surface area contributed by atoms with Crippen LogP contribution in [0.2, 0.25) is 10.0 Å². The van der Waals surface area contributed by atoms with Crippen LogP contribution in [0.1, 0.15) is 36.0 Å². The van der Waals surface area contributed by atoms with Crippen LogP contribution in [0.25, 0.3) is 0 Å². The summed E-state index contributed by atoms with van der Waals surface area (Å²) in [5.74, 6) is -1.91. The fraction of sp³-hybridized carbons (Fsp3) is 0.467. The molecule has 5 heteroatoms. The lowest BCUT2D eigenvalue weighted by Crippen LogP contribution is -2.08. The largest absolute Gasteiger partial charge is 0.481 e. The predicted molar refractivity (Wildman–Crippen MR) is 76.3 cm³/mol. The third kappa shape index (κ3) is 1.95. The van der Waals surface area contributed by atoms with Gasteiger partial charge in [0.25, 0.3) is 0 Å². The summed E-state index contributed by atoms with van der Waals surface area (Å²) in [6.45, 7) is 0. The molecule has 2 aliphatic rings. The van der Waals surface area contributed by atoms with E-state index in [1.165, 1.54) is 6.07 Å². The van der Waals surface area contributed by atoms with Gasteiger partial charge in [0, 0.05) is 11.5 Å². The van der Waals surface area contributed by atoms with Crippen LogP contribution < -0.4 is 0 Å². The highest BCUT2D eigenvalue weighted by Gasteiger charge is 2.71. The molecule has 0 aliphatic heterocycles. The molecule has 3 nitrogen and oxygen atoms in total. The fourth-order valence-electron chi connectivity index (χ4n) is 3.78. The summed E-state index contributed by atoms with van der Waals surface area (Å²) in [7, 11) is 0. The normalized spacial score (nSPS) is 26.7. The molecule has 2 fully saturated rings. The molecule has 0 saturated heterocycles. The van der Waals surface area contributed by atoms with Crippen LogP contribution in [0.15, 0.2) is 18.2 Å². The van der Waals surface area contributed by atoms with E-state index in [0.717, 1.165) is 25.7 Å². The Morgan fingerprint density at radius 2 is 1.75 bits per heavy atom. The van der Waals surface area contributed by atoms with Crippen molar-refractivity contribution in [3.8, 4) is 0 Å². The van der Waals surface area contributed by atoms with E-state index < -0.39 is 17.8 Å². The van der Waals surface area contributed by atoms with Crippen molar-refractivity contribution < 1.29 is 14.7 Å². The van der Waals surface area contributed by atoms with Crippen molar-refractivity contribution in [3.63, 3.8) is 0 Å². The summed E-state index contributed by atoms with van der Waals surface area (Å²) >= 11 is 11.8. The average molecular weight is 313 g/mol. The summed E-state index contributed by atoms with van der Waals surface area (Å²) in [5.41, 5.74) is 0.147. The van der Waals surface area contributed by atoms with Crippen LogP contribution in [0.3, 0.4) is 0 Å². The van der Waals surface area contributed by atoms with Crippen LogP contribution in [0.4, 0.5) is 0 Å². The van der Waals surface area contributed by atoms with Gasteiger partial charge in [-0.1, -0.05) is 36.0 Å². The number of rotatable bonds is 3. The zero-order chi connectivity index (χ0) is 14.5. The third-order valence-corrected chi connectivity index (χ3v) is 5.49. The molecule has 0 bridgehead atoms. The number of hydrogen-bond donors (Lipinski definition) is 1. The number of carbonyl (C=O) groups is 2. The van der Waals surface area contributed by atoms with Gasteiger partial charge in [0.05, 0.1) is 16.0 Å². The van der Waals surface area contributed by atoms with Gasteiger partial charge in [-0.3, -0.25) is 9.59 Å². The first-order valence-corrected chi connectivity index (χ1v) is 7.45. The molecule has 1 N–H and O–H groups in total. The Morgan fingerprint density at radius 1 is 1.10 bits per heavy atom. The van der Waals surface area contributed by atoms with Gasteiger partial charge in [0.2, 0.25) is 0 Å². The second kappa shape index (κ2) is 4.74. The lowest BCUT2D eigenvalue weighted by molar-refractivity contribution is -0.139. The quantitative estimate of drug-likeness (QED) is 0.856. The molecule has 0 heterocycles. The van der Waals surface area contributed by atoms with Crippen molar-refractivity contribution in [1.82, 2.24) is 0 Å². The van der Waals surface area contributed by atoms with E-state index in [1.807, 2.05) is 0 Å². The van der Waals surface area contributed by atoms with Crippen molar-refractivity contribution >= 4 is 35.0 Å². The number of carboxylic acids is 1. The smallest absolute Gasteiger partial charge is 0.307 e. The van der Waals surface area contributed by atoms with Gasteiger partial charge in [0.1, 0.15) is 0 Å². The minimum absolute atomic E-state index is 0.113. The maximum Gasteiger partial charge on any atom is 0.307 e. The van der Waals surface area contributed by atoms with Gasteiger partial charge >= 0.3 is 5.97 Å². The molecular formula is C15H14Cl2O3. The highest BCUT2D eigenvalue weighted by molar-refractivity contribution is 6.42. The van der Waals surface area contributed by atoms with Gasteiger partial charge < -0.3 is 5.11 Å². The Hall–Kier alpha value is -1.06. The first-order chi connectivity index (χ1) is 9.47. The standard InChI is InChI=1S/C15H14Cl2O3/c16-9-4-3-8(7-10(9)17)13(18)11-12(14(19)20)15(11)5-1-2-6-15/h3-4,7,11-12H,1-2,5-6H2,(H,19,20)/t11-,12?/m1/s1. The summed E-state index contributed by atoms with van der Waals surface area (Å²) in [6.07, 6.45) is 3.69. The van der Waals surface area contributed by atoms with E-state index >= 15 is 0 Å². The highest BCUT2D eigenvalue weighted by Crippen LogP contribution is 2.68. The number of carbonyl (C=O) groups excluding carboxylic acids is 1. The molecule has 1 aromatic carbocycles. The zero-order valence-electron chi connectivity index (χ0n) is 10.7. The van der Waals surface area contributed by atoms with Crippen molar-refractivity contribution in [2.75, 3.05) is 0 Å². The van der Waals surface area contributed by atoms with Crippen LogP contribution in [0.5, 0.6) is 0 Å². The molecule has 2 atom stereocenters. The Kier molecular flexibility index (Phi) is 3.30. The van der Waals surface area contributed by atoms with Gasteiger partial charge in [0.15, 0.2) is 5.78 Å². The molecule has 2 aliphatic carbocycles. The molecule has 0 aromatic heterocycles. The minimum Gasteiger partial charge on any atom is -0.481 e. The van der Waals surface area contributed by atoms with E-state index in [1.54, 1.807) is 12.1 Å². The Balaban J connectivity index is 1.90. The van der Waals surface area contributed by atoms with Crippen molar-refractivity contribution in [1.29, 1.82) is 0 Å². The van der Waals surface area contributed by atoms with Gasteiger partial charge in [-0.05, 0) is 36.5 Å². The number of hydrogen-bond acceptors (Lipinski definition) is 2. The number of halogens is 2. The lowest BCUT2D eigenvalue weighted by Gasteiger charge is -2.07. The zero-order valence-corrected chi connectivity index (χ0v) is 12.2. The van der Waals surface area contributed by atoms with Gasteiger partial charge in [-0.15, -0.1) is 0 Å². The van der Waals surface area contributed by atoms with Gasteiger partial charge in [-0.2, -0.15) is 0 Å². The van der Waals surface area contributed by atoms with E-state index in [0.29, 0.717) is 15.6 Å². The molecule has 1 spiro atoms. The van der Waals surface area contributed by atoms with Gasteiger partial charge in [-0.25, -0.2) is 0 Å². The molecular weight excluding hydrogens is 299 g/mol. The molecule has 2 saturated carbocycles. The molecule has 20 heavy (non-hydrogen) atoms. The summed E-state index contributed by atoms with van der Waals surface area (Å²) in [4.78, 5) is 24.0. The fourth-order valence-corrected chi connectivity index (χ4v) is 4.07. The van der Waals surface area contributed by atoms with Crippen molar-refractivity contribution in [2.24, 2.45) is 17.3 Å². The molecule has 1 unspecified atom stereocenters. The first-order valence-electron chi connectivity index (χ1n) is 6.69. The number of benzene rings is 1. The summed E-state index contributed by atoms with van der Waals surface area (Å²) in [6, 6.07) is 4.74. The maximum absolute atomic E-state index is 12.6. The number of Topliss-reactive ketones (excluding diaryl/α,β-unsaturated/α-hetero) is 1. The molecule has 0 radical (unpaired) electrons. The Morgan fingerprint density at radius 3 is 2.30 bits per heavy atom. The second-order valence-electron chi connectivity index (χ2n) is 5.73. The summed E-state index contributed by atoms with van der Waals surface area (Å²) < 4.78 is 0. The van der Waals surface area contributed by atoms with E-state index in [9.17, 15) is 14.7 Å². The predicted octanol–water partition coefficient (Wildman–Crippen LogP) is 4.07. The van der Waals surface area contributed by atoms with E-state index in [2.05, 4.69) is 0 Å². The summed E-state index contributed by atoms with van der Waals surface area (Å²) in [5, 5.41) is 10.1. The van der Waals surface area contributed by atoms with Crippen LogP contribution in [-0.2, 0) is 4.79 Å². The first kappa shape index (κ1) is 13.9. The minimum atomic E-state index is -0.856. The monoisotopic (exact) mass is 312 g/mol. The molecule has 106 valence electrons. The number of carboxylic acid groups (broad SMARTS) is 1. The SMILES string of the molecule is O=C(O)C1[C@H](C(=O)c2ccc(Cl)c(Cl)c2)C12CCCC2. The van der Waals surface area contributed by atoms with Crippen molar-refractivity contribution in [2.45, 2.75) is 25.7 Å². The molecule has 1 aromatic rings. The van der Waals surface area contributed by atoms with Crippen molar-refractivity contribution in [3.05, 3.63) is 33.8 Å². The Bertz CT molecular complexity index is 591. The van der Waals surface area contributed by atoms with E-state index in [-0.39, 0.29) is 11.2 Å². The number of aliphatic carboxylic acids is 1. The second-order valence-corrected chi connectivity index (χ2v) is 6.54.